The molecule has 3 fully saturated rings. The van der Waals surface area contributed by atoms with Gasteiger partial charge in [-0.3, -0.25) is 14.9 Å². The molecule has 3 atom stereocenters. The van der Waals surface area contributed by atoms with Crippen molar-refractivity contribution in [2.24, 2.45) is 5.92 Å². The predicted molar refractivity (Wildman–Crippen MR) is 82.9 cm³/mol. The van der Waals surface area contributed by atoms with E-state index < -0.39 is 11.6 Å². The molecule has 0 unspecified atom stereocenters. The van der Waals surface area contributed by atoms with Crippen LogP contribution >= 0.6 is 11.6 Å². The summed E-state index contributed by atoms with van der Waals surface area (Å²) in [6.07, 6.45) is 1.27. The van der Waals surface area contributed by atoms with Gasteiger partial charge in [-0.05, 0) is 36.5 Å². The van der Waals surface area contributed by atoms with Crippen molar-refractivity contribution in [1.29, 1.82) is 0 Å². The number of carbonyl (C=O) groups is 3. The number of halogens is 1. The quantitative estimate of drug-likeness (QED) is 0.800. The minimum absolute atomic E-state index is 0.0521. The van der Waals surface area contributed by atoms with Crippen molar-refractivity contribution in [2.75, 3.05) is 13.1 Å². The minimum Gasteiger partial charge on any atom is -0.339 e. The number of amides is 4. The van der Waals surface area contributed by atoms with Crippen LogP contribution in [0.5, 0.6) is 0 Å². The first-order chi connectivity index (χ1) is 11.0. The molecule has 7 heteroatoms. The van der Waals surface area contributed by atoms with Crippen LogP contribution in [0.4, 0.5) is 4.79 Å². The fourth-order valence-corrected chi connectivity index (χ4v) is 3.82. The van der Waals surface area contributed by atoms with Crippen LogP contribution in [0.1, 0.15) is 24.3 Å². The summed E-state index contributed by atoms with van der Waals surface area (Å²) in [6.45, 7) is 0.744. The van der Waals surface area contributed by atoms with Gasteiger partial charge in [0, 0.05) is 17.5 Å². The topological polar surface area (TPSA) is 78.5 Å². The van der Waals surface area contributed by atoms with E-state index >= 15 is 0 Å². The maximum atomic E-state index is 12.7. The smallest absolute Gasteiger partial charge is 0.322 e. The van der Waals surface area contributed by atoms with E-state index in [1.165, 1.54) is 0 Å². The maximum absolute atomic E-state index is 12.7. The highest BCUT2D eigenvalue weighted by Crippen LogP contribution is 2.49. The van der Waals surface area contributed by atoms with Crippen molar-refractivity contribution in [3.8, 4) is 0 Å². The van der Waals surface area contributed by atoms with Crippen LogP contribution in [0.15, 0.2) is 24.3 Å². The largest absolute Gasteiger partial charge is 0.339 e. The molecule has 2 N–H and O–H groups in total. The Morgan fingerprint density at radius 3 is 2.87 bits per heavy atom. The van der Waals surface area contributed by atoms with E-state index in [1.807, 2.05) is 24.3 Å². The van der Waals surface area contributed by atoms with Gasteiger partial charge >= 0.3 is 6.03 Å². The molecule has 0 aromatic heterocycles. The number of rotatable bonds is 2. The van der Waals surface area contributed by atoms with E-state index in [-0.39, 0.29) is 30.2 Å². The zero-order valence-corrected chi connectivity index (χ0v) is 13.1. The average molecular weight is 334 g/mol. The Morgan fingerprint density at radius 1 is 1.35 bits per heavy atom. The van der Waals surface area contributed by atoms with Crippen LogP contribution in [0.3, 0.4) is 0 Å². The number of hydrogen-bond acceptors (Lipinski definition) is 3. The van der Waals surface area contributed by atoms with Gasteiger partial charge in [-0.2, -0.15) is 0 Å². The molecule has 3 aliphatic rings. The van der Waals surface area contributed by atoms with E-state index in [9.17, 15) is 14.4 Å². The minimum atomic E-state index is -0.937. The van der Waals surface area contributed by atoms with Crippen LogP contribution in [0, 0.1) is 5.92 Å². The number of likely N-dealkylation sites (tertiary alicyclic amines) is 1. The summed E-state index contributed by atoms with van der Waals surface area (Å²) >= 11 is 6.00. The number of nitrogens with zero attached hydrogens (tertiary/aromatic N) is 1. The predicted octanol–water partition coefficient (Wildman–Crippen LogP) is 1.25. The molecule has 1 aromatic rings. The van der Waals surface area contributed by atoms with Crippen molar-refractivity contribution in [1.82, 2.24) is 15.5 Å². The normalized spacial score (nSPS) is 32.1. The number of urea groups is 1. The summed E-state index contributed by atoms with van der Waals surface area (Å²) in [5.41, 5.74) is 0.143. The monoisotopic (exact) mass is 333 g/mol. The zero-order valence-electron chi connectivity index (χ0n) is 12.3. The van der Waals surface area contributed by atoms with Crippen molar-refractivity contribution in [3.05, 3.63) is 34.9 Å². The van der Waals surface area contributed by atoms with Gasteiger partial charge in [0.25, 0.3) is 5.91 Å². The molecule has 1 aromatic carbocycles. The molecule has 4 rings (SSSR count). The average Bonchev–Trinajstić information content (AvgIpc) is 3.12. The lowest BCUT2D eigenvalue weighted by Crippen LogP contribution is -2.49. The number of imide groups is 1. The van der Waals surface area contributed by atoms with E-state index in [0.29, 0.717) is 18.0 Å². The second kappa shape index (κ2) is 4.96. The van der Waals surface area contributed by atoms with Gasteiger partial charge in [0.2, 0.25) is 5.91 Å². The van der Waals surface area contributed by atoms with Crippen LogP contribution in [0.25, 0.3) is 0 Å². The van der Waals surface area contributed by atoms with Gasteiger partial charge in [-0.25, -0.2) is 4.79 Å². The van der Waals surface area contributed by atoms with Crippen LogP contribution < -0.4 is 10.6 Å². The molecule has 4 amide bonds. The highest BCUT2D eigenvalue weighted by molar-refractivity contribution is 6.30. The van der Waals surface area contributed by atoms with Crippen molar-refractivity contribution >= 4 is 29.4 Å². The molecule has 2 saturated heterocycles. The van der Waals surface area contributed by atoms with Crippen LogP contribution in [-0.4, -0.2) is 41.4 Å². The van der Waals surface area contributed by atoms with Crippen molar-refractivity contribution < 1.29 is 14.4 Å². The molecular weight excluding hydrogens is 318 g/mol. The molecule has 1 spiro atoms. The zero-order chi connectivity index (χ0) is 16.2. The lowest BCUT2D eigenvalue weighted by atomic mass is 9.99. The first-order valence-electron chi connectivity index (χ1n) is 7.66. The maximum Gasteiger partial charge on any atom is 0.322 e. The van der Waals surface area contributed by atoms with E-state index in [1.54, 1.807) is 4.90 Å². The van der Waals surface area contributed by atoms with Crippen molar-refractivity contribution in [3.63, 3.8) is 0 Å². The first kappa shape index (κ1) is 14.5. The fourth-order valence-electron chi connectivity index (χ4n) is 3.62. The van der Waals surface area contributed by atoms with Gasteiger partial charge in [-0.15, -0.1) is 0 Å². The number of hydrogen-bond donors (Lipinski definition) is 2. The Kier molecular flexibility index (Phi) is 3.13. The second-order valence-corrected chi connectivity index (χ2v) is 6.94. The third-order valence-corrected chi connectivity index (χ3v) is 5.22. The summed E-state index contributed by atoms with van der Waals surface area (Å²) in [5, 5.41) is 5.59. The third kappa shape index (κ3) is 2.37. The molecule has 0 radical (unpaired) electrons. The van der Waals surface area contributed by atoms with Gasteiger partial charge < -0.3 is 10.2 Å². The Bertz CT molecular complexity index is 722. The van der Waals surface area contributed by atoms with E-state index in [0.717, 1.165) is 12.0 Å². The second-order valence-electron chi connectivity index (χ2n) is 6.50. The van der Waals surface area contributed by atoms with Gasteiger partial charge in [0.1, 0.15) is 5.54 Å². The lowest BCUT2D eigenvalue weighted by Gasteiger charge is -2.21. The number of benzene rings is 1. The molecule has 23 heavy (non-hydrogen) atoms. The Labute approximate surface area is 138 Å². The highest BCUT2D eigenvalue weighted by atomic mass is 35.5. The molecule has 120 valence electrons. The summed E-state index contributed by atoms with van der Waals surface area (Å²) in [7, 11) is 0. The molecule has 1 saturated carbocycles. The Hall–Kier alpha value is -2.08. The molecule has 0 bridgehead atoms. The molecule has 2 aliphatic heterocycles. The summed E-state index contributed by atoms with van der Waals surface area (Å²) in [5.74, 6) is -0.130. The van der Waals surface area contributed by atoms with Crippen LogP contribution in [0.2, 0.25) is 5.02 Å². The molecule has 6 nitrogen and oxygen atoms in total. The van der Waals surface area contributed by atoms with Crippen LogP contribution in [-0.2, 0) is 9.59 Å². The third-order valence-electron chi connectivity index (χ3n) is 4.98. The highest BCUT2D eigenvalue weighted by Gasteiger charge is 2.54. The van der Waals surface area contributed by atoms with Gasteiger partial charge in [0.15, 0.2) is 0 Å². The Balaban J connectivity index is 1.44. The molecule has 2 heterocycles. The molecule has 1 aliphatic carbocycles. The Morgan fingerprint density at radius 2 is 2.17 bits per heavy atom. The van der Waals surface area contributed by atoms with E-state index in [2.05, 4.69) is 10.6 Å². The van der Waals surface area contributed by atoms with Gasteiger partial charge in [0.05, 0.1) is 6.54 Å². The molecular formula is C16H16ClN3O3. The number of nitrogens with one attached hydrogen (secondary N) is 2. The summed E-state index contributed by atoms with van der Waals surface area (Å²) in [4.78, 5) is 37.6. The number of carbonyl (C=O) groups excluding carboxylic acids is 3. The fraction of sp³-hybridized carbons (Fsp3) is 0.438. The SMILES string of the molecule is O=C1NC(=O)[C@]2(CCN(C(=O)[C@@H]3C[C@H]3c3cccc(Cl)c3)C2)N1. The van der Waals surface area contributed by atoms with Gasteiger partial charge in [-0.1, -0.05) is 23.7 Å². The summed E-state index contributed by atoms with van der Waals surface area (Å²) in [6, 6.07) is 7.11. The standard InChI is InChI=1S/C16H16ClN3O3/c17-10-3-1-2-9(6-10)11-7-12(11)13(21)20-5-4-16(8-20)14(22)18-15(23)19-16/h1-3,6,11-12H,4-5,7-8H2,(H2,18,19,22,23)/t11-,12+,16+/m0/s1. The first-order valence-corrected chi connectivity index (χ1v) is 8.04. The van der Waals surface area contributed by atoms with E-state index in [4.69, 9.17) is 11.6 Å². The lowest BCUT2D eigenvalue weighted by molar-refractivity contribution is -0.132. The van der Waals surface area contributed by atoms with Crippen molar-refractivity contribution in [2.45, 2.75) is 24.3 Å². The summed E-state index contributed by atoms with van der Waals surface area (Å²) < 4.78 is 0.